The highest BCUT2D eigenvalue weighted by molar-refractivity contribution is 9.11. The monoisotopic (exact) mass is 304 g/mol. The van der Waals surface area contributed by atoms with Gasteiger partial charge in [-0.25, -0.2) is 0 Å². The van der Waals surface area contributed by atoms with Gasteiger partial charge in [0.05, 0.1) is 0 Å². The number of hydrogen-bond donors (Lipinski definition) is 0. The Morgan fingerprint density at radius 3 is 2.85 bits per heavy atom. The zero-order chi connectivity index (χ0) is 9.84. The van der Waals surface area contributed by atoms with Crippen LogP contribution in [0.4, 0.5) is 0 Å². The molecule has 0 atom stereocenters. The fraction of sp³-hybridized carbons (Fsp3) is 0.200. The van der Waals surface area contributed by atoms with Crippen molar-refractivity contribution in [1.82, 2.24) is 0 Å². The Balaban J connectivity index is 2.75. The lowest BCUT2D eigenvalue weighted by Crippen LogP contribution is -1.97. The van der Waals surface area contributed by atoms with Gasteiger partial charge in [0.25, 0.3) is 0 Å². The van der Waals surface area contributed by atoms with Gasteiger partial charge in [-0.1, -0.05) is 44.5 Å². The summed E-state index contributed by atoms with van der Waals surface area (Å²) in [4.78, 5) is 0. The van der Waals surface area contributed by atoms with E-state index in [-0.39, 0.29) is 0 Å². The van der Waals surface area contributed by atoms with Crippen molar-refractivity contribution < 1.29 is 4.74 Å². The Morgan fingerprint density at radius 2 is 2.23 bits per heavy atom. The van der Waals surface area contributed by atoms with Crippen LogP contribution in [0, 0.1) is 6.92 Å². The molecule has 1 aromatic carbocycles. The maximum absolute atomic E-state index is 5.50. The molecule has 0 radical (unpaired) electrons. The van der Waals surface area contributed by atoms with Crippen LogP contribution in [0.1, 0.15) is 5.56 Å². The van der Waals surface area contributed by atoms with E-state index in [1.165, 1.54) is 0 Å². The third-order valence-electron chi connectivity index (χ3n) is 1.53. The van der Waals surface area contributed by atoms with Crippen molar-refractivity contribution in [2.24, 2.45) is 0 Å². The second-order valence-corrected chi connectivity index (χ2v) is 4.75. The molecule has 0 unspecified atom stereocenters. The van der Waals surface area contributed by atoms with Gasteiger partial charge >= 0.3 is 0 Å². The first kappa shape index (κ1) is 10.8. The van der Waals surface area contributed by atoms with Crippen LogP contribution in [0.2, 0.25) is 0 Å². The SMILES string of the molecule is C=C(Br)COc1cc(Br)ccc1C. The third kappa shape index (κ3) is 3.53. The summed E-state index contributed by atoms with van der Waals surface area (Å²) < 4.78 is 7.36. The van der Waals surface area contributed by atoms with Crippen LogP contribution >= 0.6 is 31.9 Å². The van der Waals surface area contributed by atoms with Crippen LogP contribution in [0.15, 0.2) is 33.7 Å². The van der Waals surface area contributed by atoms with Crippen molar-refractivity contribution in [1.29, 1.82) is 0 Å². The second kappa shape index (κ2) is 4.82. The number of rotatable bonds is 3. The zero-order valence-electron chi connectivity index (χ0n) is 7.31. The Kier molecular flexibility index (Phi) is 4.00. The van der Waals surface area contributed by atoms with Crippen LogP contribution in [-0.2, 0) is 0 Å². The smallest absolute Gasteiger partial charge is 0.123 e. The summed E-state index contributed by atoms with van der Waals surface area (Å²) in [7, 11) is 0. The van der Waals surface area contributed by atoms with Crippen molar-refractivity contribution in [3.8, 4) is 5.75 Å². The molecule has 70 valence electrons. The number of ether oxygens (including phenoxy) is 1. The molecular weight excluding hydrogens is 296 g/mol. The molecule has 0 spiro atoms. The van der Waals surface area contributed by atoms with Crippen LogP contribution in [0.3, 0.4) is 0 Å². The molecule has 0 aromatic heterocycles. The van der Waals surface area contributed by atoms with Crippen LogP contribution in [0.5, 0.6) is 5.75 Å². The summed E-state index contributed by atoms with van der Waals surface area (Å²) >= 11 is 6.63. The Morgan fingerprint density at radius 1 is 1.54 bits per heavy atom. The van der Waals surface area contributed by atoms with Gasteiger partial charge in [-0.2, -0.15) is 0 Å². The highest BCUT2D eigenvalue weighted by atomic mass is 79.9. The molecule has 0 saturated carbocycles. The molecule has 0 bridgehead atoms. The van der Waals surface area contributed by atoms with E-state index in [0.29, 0.717) is 6.61 Å². The maximum atomic E-state index is 5.50. The van der Waals surface area contributed by atoms with Crippen molar-refractivity contribution in [3.63, 3.8) is 0 Å². The van der Waals surface area contributed by atoms with E-state index in [1.807, 2.05) is 25.1 Å². The molecular formula is C10H10Br2O. The van der Waals surface area contributed by atoms with Crippen LogP contribution in [-0.4, -0.2) is 6.61 Å². The maximum Gasteiger partial charge on any atom is 0.123 e. The fourth-order valence-electron chi connectivity index (χ4n) is 0.885. The van der Waals surface area contributed by atoms with Crippen LogP contribution < -0.4 is 4.74 Å². The summed E-state index contributed by atoms with van der Waals surface area (Å²) in [6.45, 7) is 6.21. The third-order valence-corrected chi connectivity index (χ3v) is 2.26. The van der Waals surface area contributed by atoms with Gasteiger partial charge in [0.2, 0.25) is 0 Å². The van der Waals surface area contributed by atoms with E-state index < -0.39 is 0 Å². The largest absolute Gasteiger partial charge is 0.488 e. The van der Waals surface area contributed by atoms with E-state index in [4.69, 9.17) is 4.74 Å². The average Bonchev–Trinajstić information content (AvgIpc) is 2.06. The van der Waals surface area contributed by atoms with Gasteiger partial charge in [-0.15, -0.1) is 0 Å². The molecule has 0 fully saturated rings. The molecule has 0 aliphatic rings. The average molecular weight is 306 g/mol. The number of aryl methyl sites for hydroxylation is 1. The summed E-state index contributed by atoms with van der Waals surface area (Å²) in [6.07, 6.45) is 0. The lowest BCUT2D eigenvalue weighted by Gasteiger charge is -2.08. The Labute approximate surface area is 95.1 Å². The molecule has 0 heterocycles. The predicted octanol–water partition coefficient (Wildman–Crippen LogP) is 4.04. The minimum Gasteiger partial charge on any atom is -0.488 e. The Bertz CT molecular complexity index is 321. The molecule has 1 rings (SSSR count). The predicted molar refractivity (Wildman–Crippen MR) is 62.4 cm³/mol. The highest BCUT2D eigenvalue weighted by Crippen LogP contribution is 2.23. The van der Waals surface area contributed by atoms with Crippen LogP contribution in [0.25, 0.3) is 0 Å². The summed E-state index contributed by atoms with van der Waals surface area (Å²) in [5.74, 6) is 0.884. The van der Waals surface area contributed by atoms with Gasteiger partial charge in [0.1, 0.15) is 12.4 Å². The minimum absolute atomic E-state index is 0.497. The first-order chi connectivity index (χ1) is 6.09. The molecule has 13 heavy (non-hydrogen) atoms. The molecule has 0 amide bonds. The lowest BCUT2D eigenvalue weighted by atomic mass is 10.2. The summed E-state index contributed by atoms with van der Waals surface area (Å²) in [5.41, 5.74) is 1.12. The zero-order valence-corrected chi connectivity index (χ0v) is 10.5. The van der Waals surface area contributed by atoms with Crippen molar-refractivity contribution >= 4 is 31.9 Å². The van der Waals surface area contributed by atoms with E-state index in [1.54, 1.807) is 0 Å². The number of benzene rings is 1. The molecule has 3 heteroatoms. The van der Waals surface area contributed by atoms with E-state index in [0.717, 1.165) is 20.3 Å². The van der Waals surface area contributed by atoms with Crippen molar-refractivity contribution in [2.45, 2.75) is 6.92 Å². The fourth-order valence-corrected chi connectivity index (χ4v) is 1.34. The second-order valence-electron chi connectivity index (χ2n) is 2.72. The minimum atomic E-state index is 0.497. The summed E-state index contributed by atoms with van der Waals surface area (Å²) in [6, 6.07) is 5.95. The normalized spacial score (nSPS) is 9.77. The lowest BCUT2D eigenvalue weighted by molar-refractivity contribution is 0.358. The van der Waals surface area contributed by atoms with Gasteiger partial charge in [-0.3, -0.25) is 0 Å². The number of hydrogen-bond acceptors (Lipinski definition) is 1. The number of halogens is 2. The Hall–Kier alpha value is -0.280. The van der Waals surface area contributed by atoms with Gasteiger partial charge < -0.3 is 4.74 Å². The molecule has 0 N–H and O–H groups in total. The quantitative estimate of drug-likeness (QED) is 0.819. The first-order valence-corrected chi connectivity index (χ1v) is 5.40. The molecule has 0 aliphatic heterocycles. The van der Waals surface area contributed by atoms with Gasteiger partial charge in [-0.05, 0) is 24.6 Å². The molecule has 1 aromatic rings. The topological polar surface area (TPSA) is 9.23 Å². The van der Waals surface area contributed by atoms with Crippen molar-refractivity contribution in [3.05, 3.63) is 39.3 Å². The van der Waals surface area contributed by atoms with Gasteiger partial charge in [0.15, 0.2) is 0 Å². The standard InChI is InChI=1S/C10H10Br2O/c1-7-3-4-9(12)5-10(7)13-6-8(2)11/h3-5H,2,6H2,1H3. The van der Waals surface area contributed by atoms with Crippen molar-refractivity contribution in [2.75, 3.05) is 6.61 Å². The molecule has 1 nitrogen and oxygen atoms in total. The summed E-state index contributed by atoms with van der Waals surface area (Å²) in [5, 5.41) is 0. The molecule has 0 saturated heterocycles. The molecule has 0 aliphatic carbocycles. The van der Waals surface area contributed by atoms with Gasteiger partial charge in [0, 0.05) is 8.96 Å². The van der Waals surface area contributed by atoms with E-state index >= 15 is 0 Å². The highest BCUT2D eigenvalue weighted by Gasteiger charge is 2.00. The van der Waals surface area contributed by atoms with E-state index in [2.05, 4.69) is 38.4 Å². The first-order valence-electron chi connectivity index (χ1n) is 3.82. The van der Waals surface area contributed by atoms with E-state index in [9.17, 15) is 0 Å².